The van der Waals surface area contributed by atoms with Crippen LogP contribution in [0.2, 0.25) is 0 Å². The van der Waals surface area contributed by atoms with Crippen LogP contribution in [0.1, 0.15) is 31.7 Å². The number of aromatic nitrogens is 1. The molecule has 1 heterocycles. The van der Waals surface area contributed by atoms with Gasteiger partial charge >= 0.3 is 0 Å². The fraction of sp³-hybridized carbons (Fsp3) is 0.333. The quantitative estimate of drug-likeness (QED) is 0.724. The van der Waals surface area contributed by atoms with Crippen LogP contribution in [0.15, 0.2) is 42.6 Å². The van der Waals surface area contributed by atoms with Crippen molar-refractivity contribution in [3.63, 3.8) is 0 Å². The number of anilines is 2. The van der Waals surface area contributed by atoms with E-state index in [9.17, 15) is 9.18 Å². The molecular weight excluding hydrogens is 293 g/mol. The van der Waals surface area contributed by atoms with Gasteiger partial charge in [0.05, 0.1) is 18.3 Å². The summed E-state index contributed by atoms with van der Waals surface area (Å²) in [6.45, 7) is 3.08. The van der Waals surface area contributed by atoms with Gasteiger partial charge in [-0.25, -0.2) is 9.37 Å². The highest BCUT2D eigenvalue weighted by atomic mass is 19.1. The van der Waals surface area contributed by atoms with Gasteiger partial charge in [-0.05, 0) is 30.2 Å². The summed E-state index contributed by atoms with van der Waals surface area (Å²) in [6, 6.07) is 9.87. The van der Waals surface area contributed by atoms with Crippen LogP contribution in [0.4, 0.5) is 15.9 Å². The molecule has 2 N–H and O–H groups in total. The molecule has 0 fully saturated rings. The lowest BCUT2D eigenvalue weighted by Gasteiger charge is -2.08. The molecule has 0 aliphatic heterocycles. The molecule has 0 unspecified atom stereocenters. The highest BCUT2D eigenvalue weighted by Crippen LogP contribution is 2.12. The molecule has 1 aromatic heterocycles. The molecule has 0 aliphatic carbocycles. The average molecular weight is 315 g/mol. The highest BCUT2D eigenvalue weighted by Gasteiger charge is 2.08. The number of hydrogen-bond donors (Lipinski definition) is 2. The molecule has 23 heavy (non-hydrogen) atoms. The Morgan fingerprint density at radius 3 is 2.70 bits per heavy atom. The number of rotatable bonds is 8. The van der Waals surface area contributed by atoms with E-state index in [2.05, 4.69) is 22.5 Å². The summed E-state index contributed by atoms with van der Waals surface area (Å²) >= 11 is 0. The van der Waals surface area contributed by atoms with Gasteiger partial charge in [-0.2, -0.15) is 0 Å². The number of unbranched alkanes of at least 4 members (excludes halogenated alkanes) is 2. The van der Waals surface area contributed by atoms with E-state index in [1.807, 2.05) is 6.07 Å². The molecule has 0 spiro atoms. The molecule has 0 radical (unpaired) electrons. The van der Waals surface area contributed by atoms with Gasteiger partial charge in [-0.15, -0.1) is 0 Å². The number of pyridine rings is 1. The zero-order chi connectivity index (χ0) is 16.5. The Morgan fingerprint density at radius 2 is 2.00 bits per heavy atom. The third-order valence-corrected chi connectivity index (χ3v) is 3.45. The summed E-state index contributed by atoms with van der Waals surface area (Å²) in [5.41, 5.74) is 1.30. The number of carbonyl (C=O) groups is 1. The van der Waals surface area contributed by atoms with Crippen LogP contribution >= 0.6 is 0 Å². The van der Waals surface area contributed by atoms with Gasteiger partial charge in [0.1, 0.15) is 11.6 Å². The molecule has 122 valence electrons. The van der Waals surface area contributed by atoms with E-state index in [-0.39, 0.29) is 18.1 Å². The van der Waals surface area contributed by atoms with Crippen molar-refractivity contribution < 1.29 is 9.18 Å². The van der Waals surface area contributed by atoms with E-state index in [1.165, 1.54) is 18.9 Å². The SMILES string of the molecule is CCCCCNc1ccc(NC(=O)Cc2ccccc2F)nc1. The van der Waals surface area contributed by atoms with E-state index in [0.717, 1.165) is 18.7 Å². The Balaban J connectivity index is 1.83. The van der Waals surface area contributed by atoms with E-state index in [0.29, 0.717) is 11.4 Å². The lowest BCUT2D eigenvalue weighted by atomic mass is 10.1. The van der Waals surface area contributed by atoms with Crippen LogP contribution in [0.5, 0.6) is 0 Å². The summed E-state index contributed by atoms with van der Waals surface area (Å²) in [7, 11) is 0. The van der Waals surface area contributed by atoms with Crippen LogP contribution in [0.3, 0.4) is 0 Å². The number of nitrogens with zero attached hydrogens (tertiary/aromatic N) is 1. The van der Waals surface area contributed by atoms with Gasteiger partial charge in [0.2, 0.25) is 5.91 Å². The molecule has 1 amide bonds. The first-order valence-electron chi connectivity index (χ1n) is 7.92. The number of benzene rings is 1. The predicted octanol–water partition coefficient (Wildman–Crippen LogP) is 4.00. The average Bonchev–Trinajstić information content (AvgIpc) is 2.55. The van der Waals surface area contributed by atoms with Crippen molar-refractivity contribution in [2.75, 3.05) is 17.2 Å². The fourth-order valence-electron chi connectivity index (χ4n) is 2.18. The molecule has 5 heteroatoms. The number of halogens is 1. The molecule has 0 saturated carbocycles. The van der Waals surface area contributed by atoms with Crippen molar-refractivity contribution in [3.8, 4) is 0 Å². The second-order valence-corrected chi connectivity index (χ2v) is 5.38. The number of amides is 1. The molecule has 2 rings (SSSR count). The van der Waals surface area contributed by atoms with Gasteiger partial charge < -0.3 is 10.6 Å². The van der Waals surface area contributed by atoms with Crippen LogP contribution in [0, 0.1) is 5.82 Å². The molecule has 0 saturated heterocycles. The van der Waals surface area contributed by atoms with E-state index in [1.54, 1.807) is 30.5 Å². The standard InChI is InChI=1S/C18H22FN3O/c1-2-3-6-11-20-15-9-10-17(21-13-15)22-18(23)12-14-7-4-5-8-16(14)19/h4-5,7-10,13,20H,2-3,6,11-12H2,1H3,(H,21,22,23). The molecule has 1 aromatic carbocycles. The Kier molecular flexibility index (Phi) is 6.54. The molecule has 4 nitrogen and oxygen atoms in total. The van der Waals surface area contributed by atoms with Crippen LogP contribution in [0.25, 0.3) is 0 Å². The van der Waals surface area contributed by atoms with Crippen molar-refractivity contribution in [2.45, 2.75) is 32.6 Å². The summed E-state index contributed by atoms with van der Waals surface area (Å²) < 4.78 is 13.5. The van der Waals surface area contributed by atoms with Gasteiger partial charge in [-0.1, -0.05) is 38.0 Å². The first-order chi connectivity index (χ1) is 11.2. The molecule has 0 bridgehead atoms. The Labute approximate surface area is 136 Å². The molecule has 0 atom stereocenters. The van der Waals surface area contributed by atoms with E-state index < -0.39 is 0 Å². The fourth-order valence-corrected chi connectivity index (χ4v) is 2.18. The van der Waals surface area contributed by atoms with Crippen molar-refractivity contribution in [1.29, 1.82) is 0 Å². The topological polar surface area (TPSA) is 54.0 Å². The van der Waals surface area contributed by atoms with Gasteiger partial charge in [0, 0.05) is 6.54 Å². The predicted molar refractivity (Wildman–Crippen MR) is 91.0 cm³/mol. The minimum atomic E-state index is -0.373. The van der Waals surface area contributed by atoms with Crippen LogP contribution in [-0.2, 0) is 11.2 Å². The lowest BCUT2D eigenvalue weighted by molar-refractivity contribution is -0.115. The van der Waals surface area contributed by atoms with Crippen molar-refractivity contribution in [2.24, 2.45) is 0 Å². The van der Waals surface area contributed by atoms with Gasteiger partial charge in [0.15, 0.2) is 0 Å². The molecular formula is C18H22FN3O. The smallest absolute Gasteiger partial charge is 0.230 e. The number of carbonyl (C=O) groups excluding carboxylic acids is 1. The highest BCUT2D eigenvalue weighted by molar-refractivity contribution is 5.91. The first-order valence-corrected chi connectivity index (χ1v) is 7.92. The van der Waals surface area contributed by atoms with Crippen molar-refractivity contribution >= 4 is 17.4 Å². The maximum atomic E-state index is 13.5. The molecule has 2 aromatic rings. The third kappa shape index (κ3) is 5.70. The normalized spacial score (nSPS) is 10.3. The lowest BCUT2D eigenvalue weighted by Crippen LogP contribution is -2.16. The largest absolute Gasteiger partial charge is 0.384 e. The maximum Gasteiger partial charge on any atom is 0.230 e. The van der Waals surface area contributed by atoms with Gasteiger partial charge in [-0.3, -0.25) is 4.79 Å². The summed E-state index contributed by atoms with van der Waals surface area (Å²) in [5, 5.41) is 5.96. The second kappa shape index (κ2) is 8.88. The van der Waals surface area contributed by atoms with E-state index >= 15 is 0 Å². The Morgan fingerprint density at radius 1 is 1.17 bits per heavy atom. The van der Waals surface area contributed by atoms with Gasteiger partial charge in [0.25, 0.3) is 0 Å². The maximum absolute atomic E-state index is 13.5. The monoisotopic (exact) mass is 315 g/mol. The summed E-state index contributed by atoms with van der Waals surface area (Å²) in [5.74, 6) is -0.195. The number of hydrogen-bond acceptors (Lipinski definition) is 3. The summed E-state index contributed by atoms with van der Waals surface area (Å²) in [4.78, 5) is 16.1. The second-order valence-electron chi connectivity index (χ2n) is 5.38. The molecule has 0 aliphatic rings. The summed E-state index contributed by atoms with van der Waals surface area (Å²) in [6.07, 6.45) is 5.19. The number of nitrogens with one attached hydrogen (secondary N) is 2. The zero-order valence-corrected chi connectivity index (χ0v) is 13.3. The minimum Gasteiger partial charge on any atom is -0.384 e. The van der Waals surface area contributed by atoms with Crippen LogP contribution in [-0.4, -0.2) is 17.4 Å². The third-order valence-electron chi connectivity index (χ3n) is 3.45. The van der Waals surface area contributed by atoms with Crippen LogP contribution < -0.4 is 10.6 Å². The minimum absolute atomic E-state index is 0.00856. The van der Waals surface area contributed by atoms with Crippen molar-refractivity contribution in [3.05, 3.63) is 54.0 Å². The van der Waals surface area contributed by atoms with E-state index in [4.69, 9.17) is 0 Å². The van der Waals surface area contributed by atoms with Crippen molar-refractivity contribution in [1.82, 2.24) is 4.98 Å². The zero-order valence-electron chi connectivity index (χ0n) is 13.3. The Hall–Kier alpha value is -2.43. The first kappa shape index (κ1) is 16.9. The Bertz CT molecular complexity index is 628.